The van der Waals surface area contributed by atoms with Gasteiger partial charge in [0.25, 0.3) is 0 Å². The molecule has 1 aromatic carbocycles. The van der Waals surface area contributed by atoms with Gasteiger partial charge in [-0.25, -0.2) is 0 Å². The van der Waals surface area contributed by atoms with Gasteiger partial charge in [-0.2, -0.15) is 13.2 Å². The smallest absolute Gasteiger partial charge is 0.429 e. The maximum absolute atomic E-state index is 12.7. The summed E-state index contributed by atoms with van der Waals surface area (Å²) in [5.74, 6) is -0.0461. The van der Waals surface area contributed by atoms with E-state index >= 15 is 0 Å². The van der Waals surface area contributed by atoms with Gasteiger partial charge in [0, 0.05) is 11.1 Å². The number of ether oxygens (including phenoxy) is 1. The molecule has 0 unspecified atom stereocenters. The summed E-state index contributed by atoms with van der Waals surface area (Å²) in [7, 11) is 0. The van der Waals surface area contributed by atoms with Gasteiger partial charge in [-0.15, -0.1) is 0 Å². The first-order valence-electron chi connectivity index (χ1n) is 5.03. The Hall–Kier alpha value is -1.49. The third-order valence-corrected chi connectivity index (χ3v) is 2.79. The van der Waals surface area contributed by atoms with Crippen molar-refractivity contribution in [1.82, 2.24) is 0 Å². The van der Waals surface area contributed by atoms with E-state index in [9.17, 15) is 18.0 Å². The molecule has 0 saturated heterocycles. The van der Waals surface area contributed by atoms with Crippen LogP contribution >= 0.6 is 11.6 Å². The van der Waals surface area contributed by atoms with Crippen LogP contribution in [0.3, 0.4) is 0 Å². The molecule has 2 rings (SSSR count). The summed E-state index contributed by atoms with van der Waals surface area (Å²) in [6, 6.07) is 3.12. The second-order valence-corrected chi connectivity index (χ2v) is 4.37. The number of halogens is 4. The van der Waals surface area contributed by atoms with Gasteiger partial charge in [0.15, 0.2) is 0 Å². The predicted octanol–water partition coefficient (Wildman–Crippen LogP) is 3.55. The van der Waals surface area contributed by atoms with E-state index in [4.69, 9.17) is 16.3 Å². The van der Waals surface area contributed by atoms with Crippen molar-refractivity contribution in [3.63, 3.8) is 0 Å². The zero-order valence-corrected chi connectivity index (χ0v) is 9.97. The summed E-state index contributed by atoms with van der Waals surface area (Å²) in [5, 5.41) is 0.0976. The molecule has 0 spiro atoms. The Morgan fingerprint density at radius 2 is 2.06 bits per heavy atom. The minimum atomic E-state index is -4.65. The molecular formula is C12H8ClF3O2. The van der Waals surface area contributed by atoms with E-state index in [-0.39, 0.29) is 17.1 Å². The number of hydrogen-bond donors (Lipinski definition) is 0. The summed E-state index contributed by atoms with van der Waals surface area (Å²) in [6.45, 7) is 1.75. The molecule has 1 aliphatic rings. The number of benzene rings is 1. The van der Waals surface area contributed by atoms with Crippen LogP contribution in [-0.2, 0) is 4.79 Å². The Morgan fingerprint density at radius 1 is 1.39 bits per heavy atom. The molecular weight excluding hydrogens is 269 g/mol. The van der Waals surface area contributed by atoms with Gasteiger partial charge in [0.1, 0.15) is 12.0 Å². The van der Waals surface area contributed by atoms with Crippen LogP contribution in [0.1, 0.15) is 11.1 Å². The standard InChI is InChI=1S/C12H8ClF3O2/c1-6-2-7-4-8(5-17)11(12(14,15)16)18-10(7)9(13)3-6/h2-5,11H,1H3/t11-/m0/s1. The van der Waals surface area contributed by atoms with E-state index in [1.165, 1.54) is 6.07 Å². The quantitative estimate of drug-likeness (QED) is 0.733. The molecule has 1 heterocycles. The molecule has 0 bridgehead atoms. The maximum atomic E-state index is 12.7. The summed E-state index contributed by atoms with van der Waals surface area (Å²) >= 11 is 5.84. The minimum absolute atomic E-state index is 0.0461. The van der Waals surface area contributed by atoms with Gasteiger partial charge in [-0.1, -0.05) is 11.6 Å². The highest BCUT2D eigenvalue weighted by Gasteiger charge is 2.46. The molecule has 0 N–H and O–H groups in total. The highest BCUT2D eigenvalue weighted by molar-refractivity contribution is 6.32. The zero-order valence-electron chi connectivity index (χ0n) is 9.22. The molecule has 2 nitrogen and oxygen atoms in total. The average Bonchev–Trinajstić information content (AvgIpc) is 2.25. The van der Waals surface area contributed by atoms with Gasteiger partial charge in [0.2, 0.25) is 6.10 Å². The molecule has 0 saturated carbocycles. The molecule has 96 valence electrons. The fourth-order valence-electron chi connectivity index (χ4n) is 1.78. The summed E-state index contributed by atoms with van der Waals surface area (Å²) < 4.78 is 43.0. The van der Waals surface area contributed by atoms with Crippen LogP contribution in [0.2, 0.25) is 5.02 Å². The number of aldehydes is 1. The summed E-state index contributed by atoms with van der Waals surface area (Å²) in [4.78, 5) is 10.7. The lowest BCUT2D eigenvalue weighted by Gasteiger charge is -2.27. The van der Waals surface area contributed by atoms with Crippen molar-refractivity contribution >= 4 is 24.0 Å². The van der Waals surface area contributed by atoms with E-state index in [0.29, 0.717) is 5.56 Å². The first-order valence-corrected chi connectivity index (χ1v) is 5.41. The second kappa shape index (κ2) is 4.31. The molecule has 0 fully saturated rings. The fraction of sp³-hybridized carbons (Fsp3) is 0.250. The van der Waals surface area contributed by atoms with Crippen molar-refractivity contribution in [1.29, 1.82) is 0 Å². The van der Waals surface area contributed by atoms with Crippen LogP contribution in [0.5, 0.6) is 5.75 Å². The number of carbonyl (C=O) groups is 1. The molecule has 1 aromatic rings. The van der Waals surface area contributed by atoms with Crippen molar-refractivity contribution in [2.75, 3.05) is 0 Å². The Labute approximate surface area is 106 Å². The van der Waals surface area contributed by atoms with Crippen molar-refractivity contribution < 1.29 is 22.7 Å². The van der Waals surface area contributed by atoms with Crippen LogP contribution in [0, 0.1) is 6.92 Å². The molecule has 6 heteroatoms. The molecule has 18 heavy (non-hydrogen) atoms. The van der Waals surface area contributed by atoms with E-state index in [1.54, 1.807) is 13.0 Å². The van der Waals surface area contributed by atoms with Crippen LogP contribution in [-0.4, -0.2) is 18.6 Å². The van der Waals surface area contributed by atoms with E-state index in [0.717, 1.165) is 11.6 Å². The number of aryl methyl sites for hydroxylation is 1. The van der Waals surface area contributed by atoms with Gasteiger partial charge in [-0.3, -0.25) is 4.79 Å². The highest BCUT2D eigenvalue weighted by Crippen LogP contribution is 2.40. The number of fused-ring (bicyclic) bond motifs is 1. The van der Waals surface area contributed by atoms with E-state index < -0.39 is 17.9 Å². The lowest BCUT2D eigenvalue weighted by molar-refractivity contribution is -0.184. The van der Waals surface area contributed by atoms with Gasteiger partial charge in [-0.05, 0) is 30.7 Å². The third kappa shape index (κ3) is 2.22. The van der Waals surface area contributed by atoms with Crippen molar-refractivity contribution in [3.8, 4) is 5.75 Å². The zero-order chi connectivity index (χ0) is 13.5. The van der Waals surface area contributed by atoms with Crippen molar-refractivity contribution in [2.24, 2.45) is 0 Å². The van der Waals surface area contributed by atoms with Crippen LogP contribution in [0.15, 0.2) is 17.7 Å². The lowest BCUT2D eigenvalue weighted by Crippen LogP contribution is -2.38. The fourth-order valence-corrected chi connectivity index (χ4v) is 2.11. The second-order valence-electron chi connectivity index (χ2n) is 3.97. The Morgan fingerprint density at radius 3 is 2.61 bits per heavy atom. The SMILES string of the molecule is Cc1cc(Cl)c2c(c1)C=C(C=O)[C@@H](C(F)(F)F)O2. The normalized spacial score (nSPS) is 18.7. The number of rotatable bonds is 1. The van der Waals surface area contributed by atoms with Crippen LogP contribution < -0.4 is 4.74 Å². The van der Waals surface area contributed by atoms with E-state index in [2.05, 4.69) is 0 Å². The number of alkyl halides is 3. The van der Waals surface area contributed by atoms with Crippen molar-refractivity contribution in [3.05, 3.63) is 33.9 Å². The number of hydrogen-bond acceptors (Lipinski definition) is 2. The van der Waals surface area contributed by atoms with Gasteiger partial charge < -0.3 is 4.74 Å². The topological polar surface area (TPSA) is 26.3 Å². The van der Waals surface area contributed by atoms with Crippen LogP contribution in [0.25, 0.3) is 6.08 Å². The Bertz CT molecular complexity index is 535. The highest BCUT2D eigenvalue weighted by atomic mass is 35.5. The maximum Gasteiger partial charge on any atom is 0.429 e. The third-order valence-electron chi connectivity index (χ3n) is 2.51. The molecule has 1 aliphatic heterocycles. The first kappa shape index (κ1) is 13.0. The average molecular weight is 277 g/mol. The van der Waals surface area contributed by atoms with Gasteiger partial charge >= 0.3 is 6.18 Å². The Kier molecular flexibility index (Phi) is 3.11. The largest absolute Gasteiger partial charge is 0.474 e. The molecule has 1 atom stereocenters. The van der Waals surface area contributed by atoms with Gasteiger partial charge in [0.05, 0.1) is 5.02 Å². The Balaban J connectivity index is 2.57. The van der Waals surface area contributed by atoms with E-state index in [1.807, 2.05) is 0 Å². The minimum Gasteiger partial charge on any atom is -0.474 e. The first-order chi connectivity index (χ1) is 8.32. The van der Waals surface area contributed by atoms with Crippen molar-refractivity contribution in [2.45, 2.75) is 19.2 Å². The lowest BCUT2D eigenvalue weighted by atomic mass is 10.0. The number of carbonyl (C=O) groups excluding carboxylic acids is 1. The molecule has 0 aromatic heterocycles. The van der Waals surface area contributed by atoms with Crippen LogP contribution in [0.4, 0.5) is 13.2 Å². The predicted molar refractivity (Wildman–Crippen MR) is 60.7 cm³/mol. The summed E-state index contributed by atoms with van der Waals surface area (Å²) in [6.07, 6.45) is -5.61. The molecule has 0 aliphatic carbocycles. The molecule has 0 amide bonds. The monoisotopic (exact) mass is 276 g/mol. The molecule has 0 radical (unpaired) electrons. The summed E-state index contributed by atoms with van der Waals surface area (Å²) in [5.41, 5.74) is 0.688.